The van der Waals surface area contributed by atoms with Crippen LogP contribution in [0.3, 0.4) is 0 Å². The van der Waals surface area contributed by atoms with Crippen LogP contribution in [-0.4, -0.2) is 18.1 Å². The minimum Gasteiger partial charge on any atom is -0.368 e. The van der Waals surface area contributed by atoms with Crippen LogP contribution >= 0.6 is 0 Å². The molecule has 0 aliphatic heterocycles. The van der Waals surface area contributed by atoms with E-state index < -0.39 is 6.29 Å². The second-order valence-electron chi connectivity index (χ2n) is 1.20. The fraction of sp³-hybridized carbons (Fsp3) is 1.00. The van der Waals surface area contributed by atoms with Crippen molar-refractivity contribution < 1.29 is 9.84 Å². The van der Waals surface area contributed by atoms with E-state index in [1.54, 1.807) is 0 Å². The summed E-state index contributed by atoms with van der Waals surface area (Å²) in [6, 6.07) is 0. The maximum Gasteiger partial charge on any atom is 0.156 e. The molecule has 0 fully saturated rings. The molecule has 0 saturated carbocycles. The number of hydrogen-bond acceptors (Lipinski definition) is 3. The van der Waals surface area contributed by atoms with Gasteiger partial charge in [-0.05, 0) is 6.42 Å². The standard InChI is InChI=1S/C4H11NO2/c1-2-4(6)7-3-5/h4,6H,2-3,5H2,1H3. The van der Waals surface area contributed by atoms with Gasteiger partial charge < -0.3 is 15.6 Å². The molecule has 0 aliphatic rings. The second-order valence-corrected chi connectivity index (χ2v) is 1.20. The monoisotopic (exact) mass is 105 g/mol. The summed E-state index contributed by atoms with van der Waals surface area (Å²) in [5, 5.41) is 8.56. The average molecular weight is 105 g/mol. The number of aliphatic hydroxyl groups is 1. The van der Waals surface area contributed by atoms with Gasteiger partial charge >= 0.3 is 0 Å². The Balaban J connectivity index is 2.83. The number of ether oxygens (including phenoxy) is 1. The van der Waals surface area contributed by atoms with Crippen molar-refractivity contribution in [2.45, 2.75) is 19.6 Å². The van der Waals surface area contributed by atoms with Gasteiger partial charge in [0.25, 0.3) is 0 Å². The Kier molecular flexibility index (Phi) is 3.98. The molecular weight excluding hydrogens is 94.0 g/mol. The topological polar surface area (TPSA) is 55.5 Å². The molecule has 0 aromatic heterocycles. The van der Waals surface area contributed by atoms with Crippen molar-refractivity contribution in [1.29, 1.82) is 0 Å². The van der Waals surface area contributed by atoms with Crippen LogP contribution in [0, 0.1) is 0 Å². The number of rotatable bonds is 3. The smallest absolute Gasteiger partial charge is 0.156 e. The first-order chi connectivity index (χ1) is 3.31. The molecule has 0 aliphatic carbocycles. The van der Waals surface area contributed by atoms with Gasteiger partial charge in [-0.15, -0.1) is 0 Å². The molecule has 0 spiro atoms. The van der Waals surface area contributed by atoms with Crippen molar-refractivity contribution in [2.75, 3.05) is 6.73 Å². The van der Waals surface area contributed by atoms with E-state index in [2.05, 4.69) is 4.74 Å². The third-order valence-electron chi connectivity index (χ3n) is 0.638. The Labute approximate surface area is 43.1 Å². The molecule has 3 nitrogen and oxygen atoms in total. The second kappa shape index (κ2) is 4.05. The number of nitrogens with two attached hydrogens (primary N) is 1. The van der Waals surface area contributed by atoms with Gasteiger partial charge in [-0.2, -0.15) is 0 Å². The Morgan fingerprint density at radius 1 is 1.86 bits per heavy atom. The van der Waals surface area contributed by atoms with Crippen LogP contribution < -0.4 is 5.73 Å². The van der Waals surface area contributed by atoms with Gasteiger partial charge in [0.1, 0.15) is 0 Å². The lowest BCUT2D eigenvalue weighted by molar-refractivity contribution is -0.0978. The molecule has 0 bridgehead atoms. The Morgan fingerprint density at radius 3 is 2.57 bits per heavy atom. The largest absolute Gasteiger partial charge is 0.368 e. The van der Waals surface area contributed by atoms with Crippen molar-refractivity contribution >= 4 is 0 Å². The lowest BCUT2D eigenvalue weighted by atomic mass is 10.5. The van der Waals surface area contributed by atoms with Gasteiger partial charge in [-0.3, -0.25) is 0 Å². The molecule has 0 radical (unpaired) electrons. The summed E-state index contributed by atoms with van der Waals surface area (Å²) in [5.74, 6) is 0. The lowest BCUT2D eigenvalue weighted by Crippen LogP contribution is -2.15. The van der Waals surface area contributed by atoms with Crippen LogP contribution in [-0.2, 0) is 4.74 Å². The molecule has 0 saturated heterocycles. The molecule has 3 N–H and O–H groups in total. The predicted molar refractivity (Wildman–Crippen MR) is 26.4 cm³/mol. The first-order valence-electron chi connectivity index (χ1n) is 2.31. The normalized spacial score (nSPS) is 14.1. The highest BCUT2D eigenvalue weighted by atomic mass is 16.6. The van der Waals surface area contributed by atoms with E-state index in [0.29, 0.717) is 6.42 Å². The Hall–Kier alpha value is -0.120. The lowest BCUT2D eigenvalue weighted by Gasteiger charge is -2.04. The number of aliphatic hydroxyl groups excluding tert-OH is 1. The van der Waals surface area contributed by atoms with E-state index >= 15 is 0 Å². The first kappa shape index (κ1) is 6.88. The first-order valence-corrected chi connectivity index (χ1v) is 2.31. The molecule has 0 aromatic rings. The molecule has 7 heavy (non-hydrogen) atoms. The SMILES string of the molecule is CCC(O)OCN. The van der Waals surface area contributed by atoms with Gasteiger partial charge in [-0.25, -0.2) is 0 Å². The molecule has 1 atom stereocenters. The summed E-state index contributed by atoms with van der Waals surface area (Å²) in [6.07, 6.45) is -0.0815. The van der Waals surface area contributed by atoms with Crippen LogP contribution in [0.1, 0.15) is 13.3 Å². The molecular formula is C4H11NO2. The van der Waals surface area contributed by atoms with E-state index in [0.717, 1.165) is 0 Å². The zero-order chi connectivity index (χ0) is 5.70. The Morgan fingerprint density at radius 2 is 2.43 bits per heavy atom. The fourth-order valence-electron chi connectivity index (χ4n) is 0.229. The minimum absolute atomic E-state index is 0.0923. The minimum atomic E-state index is -0.676. The zero-order valence-electron chi connectivity index (χ0n) is 4.42. The van der Waals surface area contributed by atoms with E-state index in [9.17, 15) is 0 Å². The molecule has 0 aromatic carbocycles. The quantitative estimate of drug-likeness (QED) is 0.482. The van der Waals surface area contributed by atoms with Gasteiger partial charge in [0.15, 0.2) is 6.29 Å². The summed E-state index contributed by atoms with van der Waals surface area (Å²) >= 11 is 0. The van der Waals surface area contributed by atoms with Crippen molar-refractivity contribution in [3.05, 3.63) is 0 Å². The summed E-state index contributed by atoms with van der Waals surface area (Å²) in [4.78, 5) is 0. The summed E-state index contributed by atoms with van der Waals surface area (Å²) < 4.78 is 4.52. The van der Waals surface area contributed by atoms with Crippen LogP contribution in [0.5, 0.6) is 0 Å². The van der Waals surface area contributed by atoms with Gasteiger partial charge in [0.05, 0.1) is 6.73 Å². The van der Waals surface area contributed by atoms with E-state index in [4.69, 9.17) is 10.8 Å². The van der Waals surface area contributed by atoms with Crippen molar-refractivity contribution in [1.82, 2.24) is 0 Å². The van der Waals surface area contributed by atoms with Crippen LogP contribution in [0.15, 0.2) is 0 Å². The van der Waals surface area contributed by atoms with Crippen LogP contribution in [0.4, 0.5) is 0 Å². The summed E-state index contributed by atoms with van der Waals surface area (Å²) in [7, 11) is 0. The summed E-state index contributed by atoms with van der Waals surface area (Å²) in [5.41, 5.74) is 4.92. The fourth-order valence-corrected chi connectivity index (χ4v) is 0.229. The van der Waals surface area contributed by atoms with Crippen molar-refractivity contribution in [3.63, 3.8) is 0 Å². The van der Waals surface area contributed by atoms with E-state index in [1.807, 2.05) is 6.92 Å². The van der Waals surface area contributed by atoms with Crippen molar-refractivity contribution in [2.24, 2.45) is 5.73 Å². The van der Waals surface area contributed by atoms with Crippen molar-refractivity contribution in [3.8, 4) is 0 Å². The molecule has 3 heteroatoms. The zero-order valence-corrected chi connectivity index (χ0v) is 4.42. The van der Waals surface area contributed by atoms with Crippen LogP contribution in [0.2, 0.25) is 0 Å². The highest BCUT2D eigenvalue weighted by molar-refractivity contribution is 4.29. The maximum absolute atomic E-state index is 8.56. The molecule has 0 amide bonds. The molecule has 1 unspecified atom stereocenters. The predicted octanol–water partition coefficient (Wildman–Crippen LogP) is -0.352. The molecule has 0 heterocycles. The Bertz CT molecular complexity index is 40.7. The maximum atomic E-state index is 8.56. The third kappa shape index (κ3) is 3.72. The van der Waals surface area contributed by atoms with Gasteiger partial charge in [-0.1, -0.05) is 6.92 Å². The van der Waals surface area contributed by atoms with Crippen LogP contribution in [0.25, 0.3) is 0 Å². The van der Waals surface area contributed by atoms with E-state index in [1.165, 1.54) is 0 Å². The summed E-state index contributed by atoms with van der Waals surface area (Å²) in [6.45, 7) is 1.91. The highest BCUT2D eigenvalue weighted by Gasteiger charge is 1.94. The van der Waals surface area contributed by atoms with Gasteiger partial charge in [0, 0.05) is 0 Å². The number of hydrogen-bond donors (Lipinski definition) is 2. The third-order valence-corrected chi connectivity index (χ3v) is 0.638. The van der Waals surface area contributed by atoms with Gasteiger partial charge in [0.2, 0.25) is 0 Å². The van der Waals surface area contributed by atoms with E-state index in [-0.39, 0.29) is 6.73 Å². The highest BCUT2D eigenvalue weighted by Crippen LogP contribution is 1.87. The molecule has 44 valence electrons. The average Bonchev–Trinajstić information content (AvgIpc) is 1.68. The molecule has 0 rings (SSSR count).